The average molecular weight is 504 g/mol. The number of aromatic amines is 1. The highest BCUT2D eigenvalue weighted by atomic mass is 16.4. The lowest BCUT2D eigenvalue weighted by atomic mass is 10.0. The number of aliphatic carboxylic acids is 1. The number of carbonyl (C=O) groups is 1. The molecule has 1 fully saturated rings. The van der Waals surface area contributed by atoms with Crippen LogP contribution < -0.4 is 0 Å². The molecule has 1 aliphatic rings. The Labute approximate surface area is 215 Å². The first kappa shape index (κ1) is 25.0. The maximum absolute atomic E-state index is 13.3. The smallest absolute Gasteiger partial charge is 0.345 e. The summed E-state index contributed by atoms with van der Waals surface area (Å²) in [6.45, 7) is 3.06. The van der Waals surface area contributed by atoms with Gasteiger partial charge < -0.3 is 10.2 Å². The van der Waals surface area contributed by atoms with Crippen LogP contribution in [0.3, 0.4) is 0 Å². The Bertz CT molecular complexity index is 1350. The first-order valence-corrected chi connectivity index (χ1v) is 13.0. The second kappa shape index (κ2) is 10.8. The molecule has 10 nitrogen and oxygen atoms in total. The molecule has 0 saturated carbocycles. The fraction of sp³-hybridized carbons (Fsp3) is 0.444. The van der Waals surface area contributed by atoms with Crippen LogP contribution in [0.1, 0.15) is 51.9 Å². The van der Waals surface area contributed by atoms with E-state index >= 15 is 0 Å². The highest BCUT2D eigenvalue weighted by Crippen LogP contribution is 2.42. The van der Waals surface area contributed by atoms with Crippen molar-refractivity contribution in [3.8, 4) is 22.8 Å². The van der Waals surface area contributed by atoms with Gasteiger partial charge in [-0.05, 0) is 23.8 Å². The quantitative estimate of drug-likeness (QED) is 0.261. The third-order valence-corrected chi connectivity index (χ3v) is 7.28. The number of benzene rings is 2. The molecule has 0 radical (unpaired) electrons. The number of carboxylic acid groups (broad SMARTS) is 1. The van der Waals surface area contributed by atoms with E-state index in [-0.39, 0.29) is 6.42 Å². The van der Waals surface area contributed by atoms with Gasteiger partial charge in [0.25, 0.3) is 0 Å². The van der Waals surface area contributed by atoms with Crippen molar-refractivity contribution < 1.29 is 15.0 Å². The van der Waals surface area contributed by atoms with Crippen LogP contribution >= 0.6 is 0 Å². The van der Waals surface area contributed by atoms with Crippen LogP contribution in [0.25, 0.3) is 33.8 Å². The molecule has 0 spiro atoms. The number of nitrogens with one attached hydrogen (secondary N) is 1. The van der Waals surface area contributed by atoms with E-state index in [1.807, 2.05) is 53.4 Å². The minimum Gasteiger partial charge on any atom is -0.478 e. The Morgan fingerprint density at radius 1 is 1.05 bits per heavy atom. The van der Waals surface area contributed by atoms with Crippen LogP contribution in [-0.4, -0.2) is 70.5 Å². The minimum absolute atomic E-state index is 0.0654. The lowest BCUT2D eigenvalue weighted by Crippen LogP contribution is -2.53. The second-order valence-corrected chi connectivity index (χ2v) is 9.73. The van der Waals surface area contributed by atoms with Gasteiger partial charge in [0.05, 0.1) is 17.1 Å². The molecule has 3 heterocycles. The Hall–Kier alpha value is -3.63. The van der Waals surface area contributed by atoms with Gasteiger partial charge >= 0.3 is 5.97 Å². The molecule has 2 atom stereocenters. The van der Waals surface area contributed by atoms with E-state index in [1.165, 1.54) is 19.3 Å². The minimum atomic E-state index is -1.49. The van der Waals surface area contributed by atoms with Crippen molar-refractivity contribution in [2.75, 3.05) is 13.1 Å². The first-order valence-electron chi connectivity index (χ1n) is 13.0. The number of imidazole rings is 1. The van der Waals surface area contributed by atoms with E-state index in [2.05, 4.69) is 27.5 Å². The van der Waals surface area contributed by atoms with Crippen LogP contribution in [0.15, 0.2) is 48.5 Å². The summed E-state index contributed by atoms with van der Waals surface area (Å²) in [5.41, 5.74) is 1.28. The fourth-order valence-corrected chi connectivity index (χ4v) is 5.57. The van der Waals surface area contributed by atoms with E-state index in [4.69, 9.17) is 4.98 Å². The van der Waals surface area contributed by atoms with Crippen LogP contribution in [0.4, 0.5) is 0 Å². The number of aliphatic hydroxyl groups is 1. The lowest BCUT2D eigenvalue weighted by molar-refractivity contribution is -0.156. The van der Waals surface area contributed by atoms with E-state index < -0.39 is 17.7 Å². The van der Waals surface area contributed by atoms with E-state index in [0.717, 1.165) is 19.3 Å². The SMILES string of the molecule is CCCCCCCCN1C[C@H](O)C[C@]1(C(=O)O)n1c(-c2ccccc2-c2nn[nH]n2)nc2ccccc21. The number of hydrogen-bond donors (Lipinski definition) is 3. The standard InChI is InChI=1S/C27H33N7O3/c1-2-3-4-5-6-11-16-33-18-19(35)17-27(33,26(36)37)34-23-15-10-9-14-22(23)28-25(34)21-13-8-7-12-20(21)24-29-31-32-30-24/h7-10,12-15,19,35H,2-6,11,16-18H2,1H3,(H,36,37)(H,29,30,31,32)/t19-,27-/m1/s1. The van der Waals surface area contributed by atoms with Gasteiger partial charge in [0.15, 0.2) is 0 Å². The zero-order chi connectivity index (χ0) is 25.8. The van der Waals surface area contributed by atoms with Crippen LogP contribution in [0.5, 0.6) is 0 Å². The summed E-state index contributed by atoms with van der Waals surface area (Å²) in [4.78, 5) is 20.1. The molecule has 37 heavy (non-hydrogen) atoms. The number of β-amino-alcohol motifs (C(OH)–C–C–N with tert-alkyl or cyclic N) is 1. The Morgan fingerprint density at radius 2 is 1.78 bits per heavy atom. The monoisotopic (exact) mass is 503 g/mol. The van der Waals surface area contributed by atoms with E-state index in [9.17, 15) is 15.0 Å². The number of carboxylic acids is 1. The highest BCUT2D eigenvalue weighted by Gasteiger charge is 2.54. The van der Waals surface area contributed by atoms with Crippen molar-refractivity contribution in [2.45, 2.75) is 63.6 Å². The van der Waals surface area contributed by atoms with Crippen LogP contribution in [0.2, 0.25) is 0 Å². The molecule has 2 aromatic carbocycles. The third kappa shape index (κ3) is 4.62. The molecule has 10 heteroatoms. The van der Waals surface area contributed by atoms with Gasteiger partial charge in [-0.1, -0.05) is 75.4 Å². The zero-order valence-corrected chi connectivity index (χ0v) is 21.0. The van der Waals surface area contributed by atoms with Gasteiger partial charge in [-0.15, -0.1) is 10.2 Å². The number of hydrogen-bond acceptors (Lipinski definition) is 7. The Morgan fingerprint density at radius 3 is 2.54 bits per heavy atom. The van der Waals surface area contributed by atoms with Crippen LogP contribution in [0, 0.1) is 0 Å². The van der Waals surface area contributed by atoms with E-state index in [0.29, 0.717) is 46.9 Å². The van der Waals surface area contributed by atoms with Crippen molar-refractivity contribution in [3.05, 3.63) is 48.5 Å². The summed E-state index contributed by atoms with van der Waals surface area (Å²) in [5.74, 6) is -0.114. The predicted octanol–water partition coefficient (Wildman–Crippen LogP) is 4.05. The van der Waals surface area contributed by atoms with Crippen molar-refractivity contribution in [1.29, 1.82) is 0 Å². The highest BCUT2D eigenvalue weighted by molar-refractivity contribution is 5.89. The van der Waals surface area contributed by atoms with Crippen molar-refractivity contribution in [1.82, 2.24) is 35.1 Å². The predicted molar refractivity (Wildman–Crippen MR) is 140 cm³/mol. The maximum Gasteiger partial charge on any atom is 0.345 e. The Balaban J connectivity index is 1.63. The molecule has 0 aliphatic carbocycles. The number of para-hydroxylation sites is 2. The van der Waals surface area contributed by atoms with Gasteiger partial charge in [-0.2, -0.15) is 5.21 Å². The third-order valence-electron chi connectivity index (χ3n) is 7.28. The zero-order valence-electron chi connectivity index (χ0n) is 21.0. The number of rotatable bonds is 11. The summed E-state index contributed by atoms with van der Waals surface area (Å²) < 4.78 is 1.80. The topological polar surface area (TPSA) is 133 Å². The molecule has 2 aromatic heterocycles. The van der Waals surface area contributed by atoms with Gasteiger partial charge in [0.2, 0.25) is 11.5 Å². The molecule has 0 unspecified atom stereocenters. The van der Waals surface area contributed by atoms with Crippen molar-refractivity contribution in [3.63, 3.8) is 0 Å². The molecule has 0 bridgehead atoms. The lowest BCUT2D eigenvalue weighted by Gasteiger charge is -2.37. The van der Waals surface area contributed by atoms with Crippen molar-refractivity contribution >= 4 is 17.0 Å². The normalized spacial score (nSPS) is 20.1. The summed E-state index contributed by atoms with van der Waals surface area (Å²) in [7, 11) is 0. The molecule has 3 N–H and O–H groups in total. The summed E-state index contributed by atoms with van der Waals surface area (Å²) in [5, 5.41) is 36.2. The average Bonchev–Trinajstić information content (AvgIpc) is 3.64. The largest absolute Gasteiger partial charge is 0.478 e. The van der Waals surface area contributed by atoms with Gasteiger partial charge in [-0.25, -0.2) is 9.78 Å². The Kier molecular flexibility index (Phi) is 7.29. The summed E-state index contributed by atoms with van der Waals surface area (Å²) in [6.07, 6.45) is 5.91. The van der Waals surface area contributed by atoms with Gasteiger partial charge in [-0.3, -0.25) is 9.47 Å². The summed E-state index contributed by atoms with van der Waals surface area (Å²) in [6, 6.07) is 15.1. The molecule has 194 valence electrons. The molecule has 1 aliphatic heterocycles. The number of H-pyrrole nitrogens is 1. The number of aromatic nitrogens is 6. The first-order chi connectivity index (χ1) is 18.1. The van der Waals surface area contributed by atoms with E-state index in [1.54, 1.807) is 4.57 Å². The van der Waals surface area contributed by atoms with Gasteiger partial charge in [0.1, 0.15) is 5.82 Å². The molecule has 4 aromatic rings. The fourth-order valence-electron chi connectivity index (χ4n) is 5.57. The molecule has 1 saturated heterocycles. The van der Waals surface area contributed by atoms with Gasteiger partial charge in [0, 0.05) is 30.6 Å². The maximum atomic E-state index is 13.3. The number of nitrogens with zero attached hydrogens (tertiary/aromatic N) is 6. The second-order valence-electron chi connectivity index (χ2n) is 9.73. The molecular weight excluding hydrogens is 470 g/mol. The molecular formula is C27H33N7O3. The number of fused-ring (bicyclic) bond motifs is 1. The van der Waals surface area contributed by atoms with Crippen LogP contribution in [-0.2, 0) is 10.5 Å². The number of unbranched alkanes of at least 4 members (excludes halogenated alkanes) is 5. The molecule has 5 rings (SSSR count). The summed E-state index contributed by atoms with van der Waals surface area (Å²) >= 11 is 0. The molecule has 0 amide bonds. The number of aliphatic hydroxyl groups excluding tert-OH is 1. The number of tetrazole rings is 1. The van der Waals surface area contributed by atoms with Crippen molar-refractivity contribution in [2.24, 2.45) is 0 Å². The number of likely N-dealkylation sites (tertiary alicyclic amines) is 1.